The van der Waals surface area contributed by atoms with Crippen molar-refractivity contribution in [2.75, 3.05) is 62.7 Å². The third-order valence-corrected chi connectivity index (χ3v) is 7.68. The Kier molecular flexibility index (Phi) is 7.47. The molecule has 3 saturated heterocycles. The molecule has 0 spiro atoms. The van der Waals surface area contributed by atoms with Crippen molar-refractivity contribution in [3.8, 4) is 23.1 Å². The Morgan fingerprint density at radius 1 is 1.07 bits per heavy atom. The minimum absolute atomic E-state index is 0.142. The van der Waals surface area contributed by atoms with Gasteiger partial charge in [0.05, 0.1) is 37.1 Å². The zero-order chi connectivity index (χ0) is 27.5. The summed E-state index contributed by atoms with van der Waals surface area (Å²) in [5.74, 6) is -2.45. The third-order valence-electron chi connectivity index (χ3n) is 7.68. The first-order valence-corrected chi connectivity index (χ1v) is 13.5. The first kappa shape index (κ1) is 26.4. The van der Waals surface area contributed by atoms with E-state index in [1.165, 1.54) is 5.69 Å². The number of halogens is 2. The summed E-state index contributed by atoms with van der Waals surface area (Å²) in [6, 6.07) is 17.5. The van der Waals surface area contributed by atoms with Gasteiger partial charge in [-0.05, 0) is 55.1 Å². The molecule has 3 aromatic rings. The molecule has 9 nitrogen and oxygen atoms in total. The lowest BCUT2D eigenvalue weighted by molar-refractivity contribution is -0.109. The van der Waals surface area contributed by atoms with Crippen LogP contribution in [0.2, 0.25) is 0 Å². The average molecular weight is 548 g/mol. The fourth-order valence-electron chi connectivity index (χ4n) is 5.23. The highest BCUT2D eigenvalue weighted by molar-refractivity contribution is 5.66. The van der Waals surface area contributed by atoms with Crippen LogP contribution in [-0.2, 0) is 4.74 Å². The monoisotopic (exact) mass is 547 g/mol. The van der Waals surface area contributed by atoms with Crippen LogP contribution in [0.5, 0.6) is 5.75 Å². The Morgan fingerprint density at radius 3 is 2.58 bits per heavy atom. The van der Waals surface area contributed by atoms with Crippen LogP contribution in [0.15, 0.2) is 54.7 Å². The first-order valence-electron chi connectivity index (χ1n) is 13.5. The van der Waals surface area contributed by atoms with Gasteiger partial charge in [0.2, 0.25) is 5.95 Å². The van der Waals surface area contributed by atoms with Gasteiger partial charge in [-0.15, -0.1) is 0 Å². The maximum Gasteiger partial charge on any atom is 0.296 e. The molecule has 208 valence electrons. The number of piperazine rings is 1. The molecule has 0 amide bonds. The molecule has 0 bridgehead atoms. The fourth-order valence-corrected chi connectivity index (χ4v) is 5.23. The van der Waals surface area contributed by atoms with Gasteiger partial charge in [-0.1, -0.05) is 0 Å². The molecule has 11 heteroatoms. The molecule has 4 heterocycles. The van der Waals surface area contributed by atoms with E-state index in [0.717, 1.165) is 45.1 Å². The van der Waals surface area contributed by atoms with E-state index >= 15 is 0 Å². The maximum absolute atomic E-state index is 14.2. The molecule has 40 heavy (non-hydrogen) atoms. The summed E-state index contributed by atoms with van der Waals surface area (Å²) >= 11 is 0. The maximum atomic E-state index is 14.2. The van der Waals surface area contributed by atoms with Gasteiger partial charge in [0.1, 0.15) is 11.8 Å². The van der Waals surface area contributed by atoms with E-state index in [-0.39, 0.29) is 17.7 Å². The fraction of sp³-hybridized carbons (Fsp3) is 0.414. The number of nitriles is 1. The Labute approximate surface area is 231 Å². The molecule has 1 aromatic heterocycles. The van der Waals surface area contributed by atoms with E-state index in [9.17, 15) is 14.0 Å². The second kappa shape index (κ2) is 11.3. The van der Waals surface area contributed by atoms with E-state index < -0.39 is 18.6 Å². The quantitative estimate of drug-likeness (QED) is 0.459. The van der Waals surface area contributed by atoms with Crippen molar-refractivity contribution in [2.45, 2.75) is 24.5 Å². The second-order valence-electron chi connectivity index (χ2n) is 10.3. The van der Waals surface area contributed by atoms with Crippen molar-refractivity contribution >= 4 is 17.3 Å². The normalized spacial score (nSPS) is 21.3. The van der Waals surface area contributed by atoms with Gasteiger partial charge < -0.3 is 25.0 Å². The number of aromatic nitrogens is 2. The van der Waals surface area contributed by atoms with Gasteiger partial charge in [0.15, 0.2) is 6.10 Å². The molecule has 2 aromatic carbocycles. The first-order chi connectivity index (χ1) is 19.5. The van der Waals surface area contributed by atoms with E-state index in [2.05, 4.69) is 48.6 Å². The minimum atomic E-state index is -3.00. The Morgan fingerprint density at radius 2 is 1.88 bits per heavy atom. The van der Waals surface area contributed by atoms with Crippen molar-refractivity contribution in [2.24, 2.45) is 0 Å². The zero-order valence-corrected chi connectivity index (χ0v) is 22.0. The lowest BCUT2D eigenvalue weighted by Gasteiger charge is -2.43. The number of hydrogen-bond acceptors (Lipinski definition) is 9. The molecule has 0 radical (unpaired) electrons. The third kappa shape index (κ3) is 5.70. The van der Waals surface area contributed by atoms with Crippen LogP contribution >= 0.6 is 0 Å². The number of rotatable bonds is 7. The van der Waals surface area contributed by atoms with Crippen LogP contribution in [0.25, 0.3) is 11.3 Å². The average Bonchev–Trinajstić information content (AvgIpc) is 2.94. The summed E-state index contributed by atoms with van der Waals surface area (Å²) in [5.41, 5.74) is 3.47. The molecule has 1 unspecified atom stereocenters. The van der Waals surface area contributed by atoms with Crippen molar-refractivity contribution in [1.82, 2.24) is 20.2 Å². The predicted octanol–water partition coefficient (Wildman–Crippen LogP) is 3.66. The number of benzene rings is 2. The number of piperidine rings is 1. The molecular formula is C29H31F2N7O2. The summed E-state index contributed by atoms with van der Waals surface area (Å²) < 4.78 is 39.4. The summed E-state index contributed by atoms with van der Waals surface area (Å²) in [6.07, 6.45) is 0.520. The predicted molar refractivity (Wildman–Crippen MR) is 147 cm³/mol. The molecular weight excluding hydrogens is 516 g/mol. The van der Waals surface area contributed by atoms with Gasteiger partial charge in [0.25, 0.3) is 5.92 Å². The Balaban J connectivity index is 1.11. The van der Waals surface area contributed by atoms with Gasteiger partial charge in [-0.25, -0.2) is 18.7 Å². The molecule has 3 fully saturated rings. The van der Waals surface area contributed by atoms with E-state index in [1.807, 2.05) is 12.1 Å². The van der Waals surface area contributed by atoms with E-state index in [4.69, 9.17) is 9.47 Å². The second-order valence-corrected chi connectivity index (χ2v) is 10.3. The van der Waals surface area contributed by atoms with Gasteiger partial charge >= 0.3 is 0 Å². The lowest BCUT2D eigenvalue weighted by Crippen LogP contribution is -2.56. The van der Waals surface area contributed by atoms with Crippen molar-refractivity contribution in [3.05, 3.63) is 60.3 Å². The molecule has 3 aliphatic heterocycles. The summed E-state index contributed by atoms with van der Waals surface area (Å²) in [6.45, 7) is 5.76. The molecule has 0 aliphatic carbocycles. The van der Waals surface area contributed by atoms with Crippen molar-refractivity contribution in [1.29, 1.82) is 5.26 Å². The van der Waals surface area contributed by atoms with Crippen LogP contribution in [0, 0.1) is 11.3 Å². The van der Waals surface area contributed by atoms with Crippen LogP contribution in [0.1, 0.15) is 12.0 Å². The number of alkyl halides is 2. The van der Waals surface area contributed by atoms with E-state index in [0.29, 0.717) is 29.8 Å². The molecule has 3 aliphatic rings. The van der Waals surface area contributed by atoms with Crippen LogP contribution in [0.4, 0.5) is 26.1 Å². The van der Waals surface area contributed by atoms with Crippen LogP contribution in [0.3, 0.4) is 0 Å². The molecule has 0 saturated carbocycles. The highest BCUT2D eigenvalue weighted by Crippen LogP contribution is 2.32. The molecule has 2 N–H and O–H groups in total. The molecule has 1 atom stereocenters. The number of hydrogen-bond donors (Lipinski definition) is 2. The highest BCUT2D eigenvalue weighted by Gasteiger charge is 2.43. The standard InChI is InChI=1S/C29H31F2N7O2/c30-29(31)19-33-9-8-27(29)40-26-6-1-20(15-21(26)16-32)25-7-10-34-28(36-25)35-22-2-4-23(5-3-22)37-11-13-38(14-12-37)24-17-39-18-24/h1-7,10,15,24,27,33H,8-9,11-14,17-19H2,(H,34,35,36). The Hall–Kier alpha value is -3.85. The summed E-state index contributed by atoms with van der Waals surface area (Å²) in [7, 11) is 0. The van der Waals surface area contributed by atoms with Crippen LogP contribution in [-0.4, -0.2) is 85.4 Å². The van der Waals surface area contributed by atoms with Gasteiger partial charge in [-0.3, -0.25) is 4.90 Å². The number of ether oxygens (including phenoxy) is 2. The SMILES string of the molecule is N#Cc1cc(-c2ccnc(Nc3ccc(N4CCN(C5COC5)CC4)cc3)n2)ccc1OC1CCNCC1(F)F. The summed E-state index contributed by atoms with van der Waals surface area (Å²) in [4.78, 5) is 13.8. The van der Waals surface area contributed by atoms with Crippen LogP contribution < -0.4 is 20.3 Å². The van der Waals surface area contributed by atoms with Gasteiger partial charge in [-0.2, -0.15) is 5.26 Å². The number of anilines is 3. The highest BCUT2D eigenvalue weighted by atomic mass is 19.3. The number of nitrogens with one attached hydrogen (secondary N) is 2. The van der Waals surface area contributed by atoms with Crippen molar-refractivity contribution < 1.29 is 18.3 Å². The number of nitrogens with zero attached hydrogens (tertiary/aromatic N) is 5. The largest absolute Gasteiger partial charge is 0.483 e. The topological polar surface area (TPSA) is 98.6 Å². The molecule has 6 rings (SSSR count). The summed E-state index contributed by atoms with van der Waals surface area (Å²) in [5, 5.41) is 15.6. The Bertz CT molecular complexity index is 1370. The lowest BCUT2D eigenvalue weighted by atomic mass is 10.0. The smallest absolute Gasteiger partial charge is 0.296 e. The van der Waals surface area contributed by atoms with E-state index in [1.54, 1.807) is 30.5 Å². The van der Waals surface area contributed by atoms with Crippen molar-refractivity contribution in [3.63, 3.8) is 0 Å². The zero-order valence-electron chi connectivity index (χ0n) is 22.0. The van der Waals surface area contributed by atoms with Gasteiger partial charge in [0, 0.05) is 55.7 Å². The minimum Gasteiger partial charge on any atom is -0.483 e.